The van der Waals surface area contributed by atoms with Gasteiger partial charge in [0, 0.05) is 18.3 Å². The Morgan fingerprint density at radius 1 is 1.18 bits per heavy atom. The third kappa shape index (κ3) is 4.00. The first-order valence-corrected chi connectivity index (χ1v) is 7.25. The average molecular weight is 302 g/mol. The summed E-state index contributed by atoms with van der Waals surface area (Å²) in [6, 6.07) is 7.69. The molecule has 0 aliphatic heterocycles. The number of rotatable bonds is 7. The standard InChI is InChI=1S/C16H22N4O2/c1-5-11(2)18-16-17-9-8-15(20-16)19-13-10-12(21-3)6-7-14(13)22-4/h6-11H,5H2,1-4H3,(H2,17,18,19,20). The second-order valence-electron chi connectivity index (χ2n) is 4.91. The van der Waals surface area contributed by atoms with E-state index in [4.69, 9.17) is 9.47 Å². The molecule has 0 spiro atoms. The lowest BCUT2D eigenvalue weighted by Gasteiger charge is -2.14. The topological polar surface area (TPSA) is 68.3 Å². The molecule has 0 aliphatic rings. The summed E-state index contributed by atoms with van der Waals surface area (Å²) in [5.41, 5.74) is 0.787. The lowest BCUT2D eigenvalue weighted by Crippen LogP contribution is -2.15. The Kier molecular flexibility index (Phi) is 5.41. The van der Waals surface area contributed by atoms with Gasteiger partial charge in [-0.05, 0) is 31.5 Å². The summed E-state index contributed by atoms with van der Waals surface area (Å²) in [7, 11) is 3.26. The minimum Gasteiger partial charge on any atom is -0.497 e. The fraction of sp³-hybridized carbons (Fsp3) is 0.375. The number of benzene rings is 1. The van der Waals surface area contributed by atoms with Crippen molar-refractivity contribution in [2.75, 3.05) is 24.9 Å². The summed E-state index contributed by atoms with van der Waals surface area (Å²) < 4.78 is 10.6. The van der Waals surface area contributed by atoms with Crippen molar-refractivity contribution in [2.24, 2.45) is 0 Å². The van der Waals surface area contributed by atoms with E-state index in [-0.39, 0.29) is 0 Å². The second kappa shape index (κ2) is 7.49. The van der Waals surface area contributed by atoms with Gasteiger partial charge in [-0.3, -0.25) is 0 Å². The highest BCUT2D eigenvalue weighted by Gasteiger charge is 2.08. The highest BCUT2D eigenvalue weighted by molar-refractivity contribution is 5.66. The van der Waals surface area contributed by atoms with Crippen molar-refractivity contribution in [3.05, 3.63) is 30.5 Å². The number of aromatic nitrogens is 2. The van der Waals surface area contributed by atoms with E-state index in [1.165, 1.54) is 0 Å². The molecule has 0 fully saturated rings. The zero-order valence-electron chi connectivity index (χ0n) is 13.4. The number of nitrogens with zero attached hydrogens (tertiary/aromatic N) is 2. The summed E-state index contributed by atoms with van der Waals surface area (Å²) in [4.78, 5) is 8.68. The van der Waals surface area contributed by atoms with Crippen molar-refractivity contribution >= 4 is 17.5 Å². The third-order valence-corrected chi connectivity index (χ3v) is 3.31. The maximum absolute atomic E-state index is 5.35. The first kappa shape index (κ1) is 15.9. The summed E-state index contributed by atoms with van der Waals surface area (Å²) in [5.74, 6) is 2.75. The minimum atomic E-state index is 0.321. The van der Waals surface area contributed by atoms with Gasteiger partial charge in [-0.25, -0.2) is 4.98 Å². The zero-order valence-corrected chi connectivity index (χ0v) is 13.4. The van der Waals surface area contributed by atoms with Crippen LogP contribution in [0.3, 0.4) is 0 Å². The van der Waals surface area contributed by atoms with Crippen molar-refractivity contribution in [1.82, 2.24) is 9.97 Å². The maximum Gasteiger partial charge on any atom is 0.224 e. The van der Waals surface area contributed by atoms with Gasteiger partial charge in [-0.1, -0.05) is 6.92 Å². The molecule has 1 unspecified atom stereocenters. The fourth-order valence-electron chi connectivity index (χ4n) is 1.87. The number of nitrogens with one attached hydrogen (secondary N) is 2. The number of hydrogen-bond donors (Lipinski definition) is 2. The molecule has 1 heterocycles. The lowest BCUT2D eigenvalue weighted by molar-refractivity contribution is 0.405. The van der Waals surface area contributed by atoms with Crippen LogP contribution in [0.4, 0.5) is 17.5 Å². The Morgan fingerprint density at radius 2 is 2.00 bits per heavy atom. The quantitative estimate of drug-likeness (QED) is 0.816. The molecular weight excluding hydrogens is 280 g/mol. The van der Waals surface area contributed by atoms with Gasteiger partial charge in [0.2, 0.25) is 5.95 Å². The van der Waals surface area contributed by atoms with Crippen molar-refractivity contribution in [1.29, 1.82) is 0 Å². The van der Waals surface area contributed by atoms with E-state index in [1.807, 2.05) is 18.2 Å². The molecule has 1 atom stereocenters. The van der Waals surface area contributed by atoms with Crippen LogP contribution in [-0.4, -0.2) is 30.2 Å². The number of methoxy groups -OCH3 is 2. The molecule has 0 saturated carbocycles. The molecule has 2 rings (SSSR count). The molecular formula is C16H22N4O2. The Labute approximate surface area is 130 Å². The van der Waals surface area contributed by atoms with E-state index >= 15 is 0 Å². The third-order valence-electron chi connectivity index (χ3n) is 3.31. The summed E-state index contributed by atoms with van der Waals surface area (Å²) in [6.45, 7) is 4.20. The Hall–Kier alpha value is -2.50. The van der Waals surface area contributed by atoms with Gasteiger partial charge in [0.1, 0.15) is 17.3 Å². The van der Waals surface area contributed by atoms with Crippen LogP contribution in [0, 0.1) is 0 Å². The Balaban J connectivity index is 2.21. The van der Waals surface area contributed by atoms with Crippen LogP contribution in [-0.2, 0) is 0 Å². The van der Waals surface area contributed by atoms with E-state index in [9.17, 15) is 0 Å². The SMILES string of the molecule is CCC(C)Nc1nccc(Nc2cc(OC)ccc2OC)n1. The van der Waals surface area contributed by atoms with Crippen molar-refractivity contribution in [3.63, 3.8) is 0 Å². The van der Waals surface area contributed by atoms with E-state index in [0.29, 0.717) is 17.8 Å². The highest BCUT2D eigenvalue weighted by atomic mass is 16.5. The molecule has 2 aromatic rings. The number of ether oxygens (including phenoxy) is 2. The molecule has 6 heteroatoms. The van der Waals surface area contributed by atoms with E-state index in [1.54, 1.807) is 26.5 Å². The predicted molar refractivity (Wildman–Crippen MR) is 88.2 cm³/mol. The van der Waals surface area contributed by atoms with Gasteiger partial charge in [0.15, 0.2) is 0 Å². The molecule has 0 amide bonds. The van der Waals surface area contributed by atoms with Crippen LogP contribution >= 0.6 is 0 Å². The lowest BCUT2D eigenvalue weighted by atomic mass is 10.2. The first-order valence-electron chi connectivity index (χ1n) is 7.25. The highest BCUT2D eigenvalue weighted by Crippen LogP contribution is 2.31. The maximum atomic E-state index is 5.35. The first-order chi connectivity index (χ1) is 10.7. The normalized spacial score (nSPS) is 11.6. The predicted octanol–water partition coefficient (Wildman–Crippen LogP) is 3.45. The van der Waals surface area contributed by atoms with Crippen molar-refractivity contribution < 1.29 is 9.47 Å². The van der Waals surface area contributed by atoms with Crippen LogP contribution in [0.2, 0.25) is 0 Å². The Morgan fingerprint density at radius 3 is 2.68 bits per heavy atom. The van der Waals surface area contributed by atoms with Crippen molar-refractivity contribution in [2.45, 2.75) is 26.3 Å². The van der Waals surface area contributed by atoms with Gasteiger partial charge < -0.3 is 20.1 Å². The molecule has 0 saturated heterocycles. The minimum absolute atomic E-state index is 0.321. The monoisotopic (exact) mass is 302 g/mol. The van der Waals surface area contributed by atoms with Crippen LogP contribution in [0.15, 0.2) is 30.5 Å². The number of hydrogen-bond acceptors (Lipinski definition) is 6. The zero-order chi connectivity index (χ0) is 15.9. The molecule has 118 valence electrons. The molecule has 1 aromatic heterocycles. The van der Waals surface area contributed by atoms with Crippen LogP contribution in [0.1, 0.15) is 20.3 Å². The van der Waals surface area contributed by atoms with Gasteiger partial charge in [-0.2, -0.15) is 4.98 Å². The second-order valence-corrected chi connectivity index (χ2v) is 4.91. The van der Waals surface area contributed by atoms with Gasteiger partial charge in [0.25, 0.3) is 0 Å². The molecule has 1 aromatic carbocycles. The molecule has 2 N–H and O–H groups in total. The molecule has 0 bridgehead atoms. The summed E-state index contributed by atoms with van der Waals surface area (Å²) in [6.07, 6.45) is 2.72. The van der Waals surface area contributed by atoms with E-state index in [0.717, 1.165) is 23.6 Å². The van der Waals surface area contributed by atoms with Crippen LogP contribution < -0.4 is 20.1 Å². The fourth-order valence-corrected chi connectivity index (χ4v) is 1.87. The van der Waals surface area contributed by atoms with Gasteiger partial charge >= 0.3 is 0 Å². The molecule has 6 nitrogen and oxygen atoms in total. The van der Waals surface area contributed by atoms with Gasteiger partial charge in [-0.15, -0.1) is 0 Å². The van der Waals surface area contributed by atoms with Crippen molar-refractivity contribution in [3.8, 4) is 11.5 Å². The van der Waals surface area contributed by atoms with E-state index in [2.05, 4.69) is 34.4 Å². The van der Waals surface area contributed by atoms with Crippen LogP contribution in [0.5, 0.6) is 11.5 Å². The smallest absolute Gasteiger partial charge is 0.224 e. The summed E-state index contributed by atoms with van der Waals surface area (Å²) in [5, 5.41) is 6.48. The van der Waals surface area contributed by atoms with E-state index < -0.39 is 0 Å². The number of anilines is 3. The molecule has 0 radical (unpaired) electrons. The summed E-state index contributed by atoms with van der Waals surface area (Å²) >= 11 is 0. The largest absolute Gasteiger partial charge is 0.497 e. The van der Waals surface area contributed by atoms with Crippen LogP contribution in [0.25, 0.3) is 0 Å². The molecule has 0 aliphatic carbocycles. The Bertz CT molecular complexity index is 619. The molecule has 22 heavy (non-hydrogen) atoms. The van der Waals surface area contributed by atoms with Gasteiger partial charge in [0.05, 0.1) is 19.9 Å². The average Bonchev–Trinajstić information content (AvgIpc) is 2.55.